The molecule has 2 heterocycles. The highest BCUT2D eigenvalue weighted by molar-refractivity contribution is 7.89. The van der Waals surface area contributed by atoms with Gasteiger partial charge in [-0.2, -0.15) is 14.6 Å². The van der Waals surface area contributed by atoms with Gasteiger partial charge in [0.25, 0.3) is 15.1 Å². The number of benzene rings is 1. The minimum atomic E-state index is -3.86. The van der Waals surface area contributed by atoms with Gasteiger partial charge in [0.2, 0.25) is 5.89 Å². The molecule has 0 atom stereocenters. The van der Waals surface area contributed by atoms with Crippen LogP contribution in [0.15, 0.2) is 33.8 Å². The van der Waals surface area contributed by atoms with E-state index in [1.807, 2.05) is 31.2 Å². The predicted octanol–water partition coefficient (Wildman–Crippen LogP) is 1.12. The van der Waals surface area contributed by atoms with Crippen LogP contribution in [-0.2, 0) is 10.0 Å². The van der Waals surface area contributed by atoms with Gasteiger partial charge in [-0.1, -0.05) is 18.2 Å². The van der Waals surface area contributed by atoms with Crippen molar-refractivity contribution >= 4 is 10.0 Å². The first-order valence-corrected chi connectivity index (χ1v) is 8.66. The Hall–Kier alpha value is -2.21. The number of oxazole rings is 1. The molecule has 1 fully saturated rings. The highest BCUT2D eigenvalue weighted by Crippen LogP contribution is 2.28. The summed E-state index contributed by atoms with van der Waals surface area (Å²) in [6.45, 7) is 3.69. The summed E-state index contributed by atoms with van der Waals surface area (Å²) in [4.78, 5) is 4.07. The number of nitrogens with zero attached hydrogens (tertiary/aromatic N) is 3. The van der Waals surface area contributed by atoms with E-state index in [2.05, 4.69) is 10.3 Å². The van der Waals surface area contributed by atoms with Gasteiger partial charge in [-0.3, -0.25) is 0 Å². The zero-order valence-corrected chi connectivity index (χ0v) is 13.4. The maximum atomic E-state index is 12.7. The van der Waals surface area contributed by atoms with Gasteiger partial charge in [0.15, 0.2) is 5.69 Å². The van der Waals surface area contributed by atoms with E-state index in [1.165, 1.54) is 4.31 Å². The molecule has 0 unspecified atom stereocenters. The number of hydrogen-bond donors (Lipinski definition) is 1. The largest absolute Gasteiger partial charge is 0.422 e. The number of aryl methyl sites for hydroxylation is 1. The lowest BCUT2D eigenvalue weighted by molar-refractivity contribution is 0.344. The Morgan fingerprint density at radius 2 is 2.00 bits per heavy atom. The van der Waals surface area contributed by atoms with E-state index in [0.717, 1.165) is 5.56 Å². The zero-order chi connectivity index (χ0) is 16.4. The molecular formula is C15H16N4O3S. The number of nitrogens with one attached hydrogen (secondary N) is 1. The second-order valence-corrected chi connectivity index (χ2v) is 7.07. The molecule has 1 aliphatic heterocycles. The van der Waals surface area contributed by atoms with Crippen molar-refractivity contribution in [3.63, 3.8) is 0 Å². The normalized spacial score (nSPS) is 16.2. The summed E-state index contributed by atoms with van der Waals surface area (Å²) in [7, 11) is -3.86. The number of piperazine rings is 1. The van der Waals surface area contributed by atoms with Gasteiger partial charge in [0.05, 0.1) is 0 Å². The second kappa shape index (κ2) is 6.12. The van der Waals surface area contributed by atoms with Crippen LogP contribution in [0.25, 0.3) is 11.5 Å². The van der Waals surface area contributed by atoms with E-state index >= 15 is 0 Å². The van der Waals surface area contributed by atoms with Crippen LogP contribution < -0.4 is 5.32 Å². The molecule has 0 bridgehead atoms. The zero-order valence-electron chi connectivity index (χ0n) is 12.6. The van der Waals surface area contributed by atoms with E-state index in [4.69, 9.17) is 4.42 Å². The molecule has 1 saturated heterocycles. The summed E-state index contributed by atoms with van der Waals surface area (Å²) < 4.78 is 32.2. The first kappa shape index (κ1) is 15.7. The molecule has 1 N–H and O–H groups in total. The molecule has 0 aliphatic carbocycles. The summed E-state index contributed by atoms with van der Waals surface area (Å²) in [5.41, 5.74) is 1.36. The Labute approximate surface area is 134 Å². The van der Waals surface area contributed by atoms with Crippen LogP contribution in [0.4, 0.5) is 0 Å². The van der Waals surface area contributed by atoms with Crippen molar-refractivity contribution in [2.45, 2.75) is 12.0 Å². The van der Waals surface area contributed by atoms with E-state index in [9.17, 15) is 13.7 Å². The highest BCUT2D eigenvalue weighted by atomic mass is 32.2. The fourth-order valence-corrected chi connectivity index (χ4v) is 3.90. The van der Waals surface area contributed by atoms with Crippen molar-refractivity contribution in [2.24, 2.45) is 0 Å². The van der Waals surface area contributed by atoms with Gasteiger partial charge in [-0.25, -0.2) is 8.42 Å². The van der Waals surface area contributed by atoms with Gasteiger partial charge in [-0.15, -0.1) is 0 Å². The number of hydrogen-bond acceptors (Lipinski definition) is 6. The van der Waals surface area contributed by atoms with Gasteiger partial charge in [-0.05, 0) is 18.6 Å². The summed E-state index contributed by atoms with van der Waals surface area (Å²) in [6, 6.07) is 9.15. The van der Waals surface area contributed by atoms with Crippen LogP contribution in [0.5, 0.6) is 0 Å². The van der Waals surface area contributed by atoms with Gasteiger partial charge >= 0.3 is 0 Å². The highest BCUT2D eigenvalue weighted by Gasteiger charge is 2.33. The Morgan fingerprint density at radius 1 is 1.30 bits per heavy atom. The average Bonchev–Trinajstić information content (AvgIpc) is 3.01. The summed E-state index contributed by atoms with van der Waals surface area (Å²) in [5, 5.41) is 12.0. The fourth-order valence-electron chi connectivity index (χ4n) is 2.48. The molecule has 0 spiro atoms. The van der Waals surface area contributed by atoms with Crippen molar-refractivity contribution in [1.82, 2.24) is 14.6 Å². The van der Waals surface area contributed by atoms with Crippen LogP contribution in [-0.4, -0.2) is 43.9 Å². The fraction of sp³-hybridized carbons (Fsp3) is 0.333. The van der Waals surface area contributed by atoms with Crippen LogP contribution in [0.2, 0.25) is 0 Å². The van der Waals surface area contributed by atoms with E-state index in [-0.39, 0.29) is 16.7 Å². The maximum absolute atomic E-state index is 12.7. The molecule has 0 saturated carbocycles. The number of rotatable bonds is 3. The monoisotopic (exact) mass is 332 g/mol. The topological polar surface area (TPSA) is 99.2 Å². The Morgan fingerprint density at radius 3 is 2.65 bits per heavy atom. The van der Waals surface area contributed by atoms with Crippen molar-refractivity contribution in [2.75, 3.05) is 26.2 Å². The van der Waals surface area contributed by atoms with Gasteiger partial charge in [0, 0.05) is 31.7 Å². The second-order valence-electron chi connectivity index (χ2n) is 5.24. The molecule has 1 aromatic heterocycles. The SMILES string of the molecule is Cc1ccccc1-c1nc(C#N)c(S(=O)(=O)N2CCNCC2)o1. The Balaban J connectivity index is 2.07. The third-order valence-corrected chi connectivity index (χ3v) is 5.52. The molecular weight excluding hydrogens is 316 g/mol. The number of nitriles is 1. The third-order valence-electron chi connectivity index (χ3n) is 3.73. The Bertz CT molecular complexity index is 861. The van der Waals surface area contributed by atoms with Crippen molar-refractivity contribution in [1.29, 1.82) is 5.26 Å². The van der Waals surface area contributed by atoms with Crippen LogP contribution >= 0.6 is 0 Å². The quantitative estimate of drug-likeness (QED) is 0.904. The van der Waals surface area contributed by atoms with Crippen LogP contribution in [0, 0.1) is 18.3 Å². The van der Waals surface area contributed by atoms with Gasteiger partial charge < -0.3 is 9.73 Å². The van der Waals surface area contributed by atoms with Crippen molar-refractivity contribution in [3.8, 4) is 17.5 Å². The summed E-state index contributed by atoms with van der Waals surface area (Å²) >= 11 is 0. The number of sulfonamides is 1. The predicted molar refractivity (Wildman–Crippen MR) is 83.0 cm³/mol. The van der Waals surface area contributed by atoms with E-state index in [1.54, 1.807) is 6.07 Å². The molecule has 1 aliphatic rings. The lowest BCUT2D eigenvalue weighted by atomic mass is 10.1. The minimum Gasteiger partial charge on any atom is -0.422 e. The minimum absolute atomic E-state index is 0.147. The molecule has 2 aromatic rings. The van der Waals surface area contributed by atoms with E-state index in [0.29, 0.717) is 31.7 Å². The summed E-state index contributed by atoms with van der Waals surface area (Å²) in [6.07, 6.45) is 0. The maximum Gasteiger partial charge on any atom is 0.279 e. The van der Waals surface area contributed by atoms with Crippen molar-refractivity contribution < 1.29 is 12.8 Å². The summed E-state index contributed by atoms with van der Waals surface area (Å²) in [5.74, 6) is 0.147. The average molecular weight is 332 g/mol. The molecule has 8 heteroatoms. The van der Waals surface area contributed by atoms with Crippen LogP contribution in [0.1, 0.15) is 11.3 Å². The third kappa shape index (κ3) is 2.86. The van der Waals surface area contributed by atoms with Crippen LogP contribution in [0.3, 0.4) is 0 Å². The first-order valence-electron chi connectivity index (χ1n) is 7.22. The lowest BCUT2D eigenvalue weighted by Crippen LogP contribution is -2.46. The molecule has 120 valence electrons. The molecule has 7 nitrogen and oxygen atoms in total. The number of aromatic nitrogens is 1. The molecule has 0 radical (unpaired) electrons. The van der Waals surface area contributed by atoms with Gasteiger partial charge in [0.1, 0.15) is 6.07 Å². The molecule has 0 amide bonds. The standard InChI is InChI=1S/C15H16N4O3S/c1-11-4-2-3-5-12(11)14-18-13(10-16)15(22-14)23(20,21)19-8-6-17-7-9-19/h2-5,17H,6-9H2,1H3. The smallest absolute Gasteiger partial charge is 0.279 e. The molecule has 3 rings (SSSR count). The molecule has 1 aromatic carbocycles. The van der Waals surface area contributed by atoms with E-state index < -0.39 is 10.0 Å². The first-order chi connectivity index (χ1) is 11.0. The Kier molecular flexibility index (Phi) is 4.17. The lowest BCUT2D eigenvalue weighted by Gasteiger charge is -2.25. The van der Waals surface area contributed by atoms with Crippen molar-refractivity contribution in [3.05, 3.63) is 35.5 Å². The molecule has 23 heavy (non-hydrogen) atoms.